The maximum absolute atomic E-state index is 11.1. The van der Waals surface area contributed by atoms with Gasteiger partial charge in [0, 0.05) is 5.40 Å². The van der Waals surface area contributed by atoms with Crippen LogP contribution in [0.1, 0.15) is 5.82 Å². The van der Waals surface area contributed by atoms with Crippen LogP contribution < -0.4 is 38.2 Å². The predicted octanol–water partition coefficient (Wildman–Crippen LogP) is -0.698. The maximum Gasteiger partial charge on any atom is 0.127 e. The highest BCUT2D eigenvalue weighted by molar-refractivity contribution is 6.68. The third kappa shape index (κ3) is 4.28. The van der Waals surface area contributed by atoms with E-state index >= 15 is 0 Å². The molecule has 0 aliphatic heterocycles. The molecule has 0 bridgehead atoms. The molecule has 0 atom stereocenters. The van der Waals surface area contributed by atoms with Gasteiger partial charge < -0.3 is 5.11 Å². The van der Waals surface area contributed by atoms with Gasteiger partial charge in [0.2, 0.25) is 0 Å². The predicted molar refractivity (Wildman–Crippen MR) is 210 cm³/mol. The standard InChI is InChI=1S/C36H15B9N2O/c37-21-14-20-24(19-13-15-7-1-2-8-16(15)17-9-3-4-10-18(17)19)26-27(31(41)33(43)32(42)30(26)40)34(25(20)29(39)28(21)38)47-23-12-6-5-11-22(23)46-35(47)36(44,45)48/h1-14,48H. The van der Waals surface area contributed by atoms with Crippen LogP contribution in [0.4, 0.5) is 0 Å². The maximum atomic E-state index is 11.1. The number of para-hydroxylation sites is 2. The van der Waals surface area contributed by atoms with E-state index in [2.05, 4.69) is 23.2 Å². The molecule has 0 amide bonds. The fourth-order valence-corrected chi connectivity index (χ4v) is 7.07. The van der Waals surface area contributed by atoms with Crippen LogP contribution in [0.15, 0.2) is 84.9 Å². The van der Waals surface area contributed by atoms with Crippen LogP contribution in [-0.2, 0) is 5.40 Å². The first kappa shape index (κ1) is 30.9. The molecule has 0 spiro atoms. The van der Waals surface area contributed by atoms with Gasteiger partial charge >= 0.3 is 0 Å². The Morgan fingerprint density at radius 3 is 1.85 bits per heavy atom. The Morgan fingerprint density at radius 2 is 1.15 bits per heavy atom. The Bertz CT molecular complexity index is 2700. The number of imidazole rings is 1. The first-order valence-corrected chi connectivity index (χ1v) is 15.1. The van der Waals surface area contributed by atoms with Gasteiger partial charge in [-0.15, -0.1) is 21.9 Å². The highest BCUT2D eigenvalue weighted by atomic mass is 16.3. The van der Waals surface area contributed by atoms with Crippen LogP contribution >= 0.6 is 0 Å². The van der Waals surface area contributed by atoms with E-state index in [0.717, 1.165) is 27.1 Å². The highest BCUT2D eigenvalue weighted by Gasteiger charge is 2.30. The lowest BCUT2D eigenvalue weighted by Gasteiger charge is -2.29. The SMILES string of the molecule is [B]c1cc2c(-c3cc4ccccc4c4ccccc34)c3c([B])c([B])c([B])c([B])c3c(-n3c(C([B])([B])O)nc4ccccc43)c2c([B])c1[B]. The molecule has 0 saturated carbocycles. The fraction of sp³-hybridized carbons (Fsp3) is 0.0278. The number of nitrogens with zero attached hydrogens (tertiary/aromatic N) is 2. The van der Waals surface area contributed by atoms with Crippen LogP contribution in [0.5, 0.6) is 0 Å². The van der Waals surface area contributed by atoms with E-state index in [1.165, 1.54) is 0 Å². The largest absolute Gasteiger partial charge is 0.402 e. The third-order valence-electron chi connectivity index (χ3n) is 9.27. The molecule has 1 heterocycles. The van der Waals surface area contributed by atoms with Crippen molar-refractivity contribution >= 4 is 163 Å². The second kappa shape index (κ2) is 10.8. The summed E-state index contributed by atoms with van der Waals surface area (Å²) in [5.74, 6) is -0.0987. The third-order valence-corrected chi connectivity index (χ3v) is 9.27. The molecular formula is C36H15B9N2O. The molecule has 8 aromatic rings. The molecule has 3 nitrogen and oxygen atoms in total. The first-order valence-electron chi connectivity index (χ1n) is 15.1. The highest BCUT2D eigenvalue weighted by Crippen LogP contribution is 2.44. The minimum Gasteiger partial charge on any atom is -0.402 e. The number of benzene rings is 7. The lowest BCUT2D eigenvalue weighted by Crippen LogP contribution is -2.48. The van der Waals surface area contributed by atoms with Gasteiger partial charge in [-0.05, 0) is 72.4 Å². The Morgan fingerprint density at radius 1 is 0.562 bits per heavy atom. The number of fused-ring (bicyclic) bond motifs is 6. The van der Waals surface area contributed by atoms with Crippen molar-refractivity contribution in [1.29, 1.82) is 0 Å². The zero-order valence-electron chi connectivity index (χ0n) is 25.6. The van der Waals surface area contributed by atoms with E-state index in [1.807, 2.05) is 42.5 Å². The average molecular weight is 589 g/mol. The molecule has 1 aromatic heterocycles. The van der Waals surface area contributed by atoms with Gasteiger partial charge in [0.15, 0.2) is 0 Å². The summed E-state index contributed by atoms with van der Waals surface area (Å²) in [6.45, 7) is 0. The summed E-state index contributed by atoms with van der Waals surface area (Å²) < 4.78 is 1.61. The molecule has 0 aliphatic carbocycles. The summed E-state index contributed by atoms with van der Waals surface area (Å²) in [7, 11) is 59.4. The summed E-state index contributed by atoms with van der Waals surface area (Å²) in [5, 5.41) is 14.6. The minimum atomic E-state index is -2.40. The number of hydrogen-bond acceptors (Lipinski definition) is 2. The summed E-state index contributed by atoms with van der Waals surface area (Å²) in [6.07, 6.45) is 0. The molecule has 48 heavy (non-hydrogen) atoms. The van der Waals surface area contributed by atoms with Crippen LogP contribution in [0.25, 0.3) is 70.9 Å². The average Bonchev–Trinajstić information content (AvgIpc) is 3.48. The van der Waals surface area contributed by atoms with Crippen LogP contribution in [0.2, 0.25) is 0 Å². The van der Waals surface area contributed by atoms with Crippen molar-refractivity contribution in [1.82, 2.24) is 9.55 Å². The summed E-state index contributed by atoms with van der Waals surface area (Å²) in [6, 6.07) is 27.2. The van der Waals surface area contributed by atoms with E-state index in [0.29, 0.717) is 43.8 Å². The normalized spacial score (nSPS) is 12.2. The lowest BCUT2D eigenvalue weighted by molar-refractivity contribution is 0.205. The van der Waals surface area contributed by atoms with Crippen molar-refractivity contribution in [2.75, 3.05) is 0 Å². The van der Waals surface area contributed by atoms with Gasteiger partial charge in [0.25, 0.3) is 0 Å². The fourth-order valence-electron chi connectivity index (χ4n) is 7.07. The smallest absolute Gasteiger partial charge is 0.127 e. The van der Waals surface area contributed by atoms with Crippen molar-refractivity contribution in [2.45, 2.75) is 5.40 Å². The number of aliphatic hydroxyl groups is 1. The number of aromatic nitrogens is 2. The molecule has 0 fully saturated rings. The zero-order chi connectivity index (χ0) is 33.8. The Hall–Kier alpha value is -4.41. The summed E-state index contributed by atoms with van der Waals surface area (Å²) in [5.41, 5.74) is 3.87. The molecule has 8 rings (SSSR count). The Labute approximate surface area is 289 Å². The van der Waals surface area contributed by atoms with Gasteiger partial charge in [-0.3, -0.25) is 4.57 Å². The monoisotopic (exact) mass is 590 g/mol. The number of rotatable bonds is 3. The van der Waals surface area contributed by atoms with Gasteiger partial charge in [0.05, 0.1) is 16.7 Å². The quantitative estimate of drug-likeness (QED) is 0.169. The minimum absolute atomic E-state index is 0.0682. The molecule has 18 radical (unpaired) electrons. The van der Waals surface area contributed by atoms with Gasteiger partial charge in [-0.2, -0.15) is 0 Å². The molecule has 1 N–H and O–H groups in total. The summed E-state index contributed by atoms with van der Waals surface area (Å²) >= 11 is 0. The van der Waals surface area contributed by atoms with E-state index in [1.54, 1.807) is 28.8 Å². The molecule has 12 heteroatoms. The van der Waals surface area contributed by atoms with Crippen molar-refractivity contribution in [2.24, 2.45) is 0 Å². The molecule has 0 saturated heterocycles. The van der Waals surface area contributed by atoms with Crippen molar-refractivity contribution in [3.63, 3.8) is 0 Å². The topological polar surface area (TPSA) is 38.0 Å². The van der Waals surface area contributed by atoms with E-state index in [4.69, 9.17) is 70.6 Å². The molecule has 0 unspecified atom stereocenters. The number of hydrogen-bond donors (Lipinski definition) is 1. The van der Waals surface area contributed by atoms with Crippen molar-refractivity contribution < 1.29 is 5.11 Å². The lowest BCUT2D eigenvalue weighted by atomic mass is 9.62. The Balaban J connectivity index is 1.75. The van der Waals surface area contributed by atoms with Crippen LogP contribution in [0.3, 0.4) is 0 Å². The second-order valence-corrected chi connectivity index (χ2v) is 12.1. The molecule has 0 aliphatic rings. The van der Waals surface area contributed by atoms with E-state index in [-0.39, 0.29) is 44.1 Å². The molecular weight excluding hydrogens is 574 g/mol. The van der Waals surface area contributed by atoms with Crippen molar-refractivity contribution in [3.8, 4) is 16.8 Å². The van der Waals surface area contributed by atoms with Crippen LogP contribution in [-0.4, -0.2) is 85.3 Å². The van der Waals surface area contributed by atoms with Gasteiger partial charge in [-0.1, -0.05) is 83.1 Å². The molecule has 7 aromatic carbocycles. The second-order valence-electron chi connectivity index (χ2n) is 12.1. The van der Waals surface area contributed by atoms with Gasteiger partial charge in [-0.25, -0.2) is 4.98 Å². The van der Waals surface area contributed by atoms with Crippen molar-refractivity contribution in [3.05, 3.63) is 90.8 Å². The van der Waals surface area contributed by atoms with Crippen LogP contribution in [0, 0.1) is 0 Å². The zero-order valence-corrected chi connectivity index (χ0v) is 25.6. The van der Waals surface area contributed by atoms with E-state index < -0.39 is 5.40 Å². The van der Waals surface area contributed by atoms with Gasteiger partial charge in [0.1, 0.15) is 76.4 Å². The molecule has 202 valence electrons. The summed E-state index contributed by atoms with van der Waals surface area (Å²) in [4.78, 5) is 4.63. The first-order chi connectivity index (χ1) is 22.9. The Kier molecular flexibility index (Phi) is 6.95. The van der Waals surface area contributed by atoms with E-state index in [9.17, 15) is 5.11 Å².